The highest BCUT2D eigenvalue weighted by Crippen LogP contribution is 2.29. The van der Waals surface area contributed by atoms with E-state index in [0.29, 0.717) is 11.0 Å². The van der Waals surface area contributed by atoms with Crippen LogP contribution in [0.15, 0.2) is 42.5 Å². The Morgan fingerprint density at radius 2 is 1.59 bits per heavy atom. The van der Waals surface area contributed by atoms with Crippen molar-refractivity contribution in [3.63, 3.8) is 0 Å². The lowest BCUT2D eigenvalue weighted by molar-refractivity contribution is -0.137. The fraction of sp³-hybridized carbons (Fsp3) is 0.200. The molecule has 1 aromatic heterocycles. The van der Waals surface area contributed by atoms with Gasteiger partial charge in [0, 0.05) is 5.69 Å². The molecule has 0 fully saturated rings. The van der Waals surface area contributed by atoms with Crippen LogP contribution in [0.1, 0.15) is 27.3 Å². The summed E-state index contributed by atoms with van der Waals surface area (Å²) in [7, 11) is 0. The molecule has 0 aliphatic heterocycles. The lowest BCUT2D eigenvalue weighted by Crippen LogP contribution is -2.21. The van der Waals surface area contributed by atoms with Crippen LogP contribution in [0.2, 0.25) is 0 Å². The average molecular weight is 403 g/mol. The molecule has 0 radical (unpaired) electrons. The zero-order valence-corrected chi connectivity index (χ0v) is 15.5. The number of nitrogens with one attached hydrogen (secondary N) is 1. The standard InChI is InChI=1S/C20H16F3N3O3/c1-11-12(2)25-17-9-13(3-8-16(17)24-11)19(28)29-10-18(27)26-15-6-4-14(5-7-15)20(21,22)23/h3-9H,10H2,1-2H3,(H,26,27). The summed E-state index contributed by atoms with van der Waals surface area (Å²) < 4.78 is 42.6. The Morgan fingerprint density at radius 1 is 0.966 bits per heavy atom. The summed E-state index contributed by atoms with van der Waals surface area (Å²) in [4.78, 5) is 32.8. The highest BCUT2D eigenvalue weighted by molar-refractivity contribution is 5.97. The van der Waals surface area contributed by atoms with Crippen molar-refractivity contribution >= 4 is 28.6 Å². The smallest absolute Gasteiger partial charge is 0.416 e. The van der Waals surface area contributed by atoms with Crippen molar-refractivity contribution in [3.8, 4) is 0 Å². The van der Waals surface area contributed by atoms with E-state index >= 15 is 0 Å². The van der Waals surface area contributed by atoms with Crippen molar-refractivity contribution in [2.45, 2.75) is 20.0 Å². The third-order valence-electron chi connectivity index (χ3n) is 4.14. The first-order valence-electron chi connectivity index (χ1n) is 8.53. The Labute approximate surface area is 163 Å². The molecular weight excluding hydrogens is 387 g/mol. The van der Waals surface area contributed by atoms with Gasteiger partial charge in [0.25, 0.3) is 5.91 Å². The second-order valence-electron chi connectivity index (χ2n) is 6.30. The van der Waals surface area contributed by atoms with Crippen LogP contribution in [0, 0.1) is 13.8 Å². The van der Waals surface area contributed by atoms with Gasteiger partial charge in [0.15, 0.2) is 6.61 Å². The summed E-state index contributed by atoms with van der Waals surface area (Å²) >= 11 is 0. The molecule has 0 saturated carbocycles. The van der Waals surface area contributed by atoms with E-state index in [4.69, 9.17) is 4.74 Å². The van der Waals surface area contributed by atoms with Crippen LogP contribution < -0.4 is 5.32 Å². The molecule has 1 amide bonds. The number of amides is 1. The predicted molar refractivity (Wildman–Crippen MR) is 99.4 cm³/mol. The summed E-state index contributed by atoms with van der Waals surface area (Å²) in [5.41, 5.74) is 2.21. The summed E-state index contributed by atoms with van der Waals surface area (Å²) in [6.07, 6.45) is -4.46. The lowest BCUT2D eigenvalue weighted by Gasteiger charge is -2.09. The van der Waals surface area contributed by atoms with Crippen LogP contribution in [0.5, 0.6) is 0 Å². The minimum atomic E-state index is -4.46. The lowest BCUT2D eigenvalue weighted by atomic mass is 10.2. The Morgan fingerprint density at radius 3 is 2.21 bits per heavy atom. The largest absolute Gasteiger partial charge is 0.452 e. The van der Waals surface area contributed by atoms with E-state index in [1.807, 2.05) is 6.92 Å². The maximum absolute atomic E-state index is 12.5. The Kier molecular flexibility index (Phi) is 5.49. The molecule has 0 aliphatic rings. The number of benzene rings is 2. The van der Waals surface area contributed by atoms with Crippen LogP contribution in [0.25, 0.3) is 11.0 Å². The van der Waals surface area contributed by atoms with Gasteiger partial charge in [-0.05, 0) is 56.3 Å². The van der Waals surface area contributed by atoms with Gasteiger partial charge in [-0.25, -0.2) is 14.8 Å². The van der Waals surface area contributed by atoms with E-state index in [1.54, 1.807) is 13.0 Å². The second-order valence-corrected chi connectivity index (χ2v) is 6.30. The van der Waals surface area contributed by atoms with Crippen molar-refractivity contribution in [1.29, 1.82) is 0 Å². The number of aryl methyl sites for hydroxylation is 2. The number of fused-ring (bicyclic) bond motifs is 1. The number of nitrogens with zero attached hydrogens (tertiary/aromatic N) is 2. The predicted octanol–water partition coefficient (Wildman–Crippen LogP) is 4.06. The van der Waals surface area contributed by atoms with Gasteiger partial charge in [-0.2, -0.15) is 13.2 Å². The van der Waals surface area contributed by atoms with Crippen LogP contribution >= 0.6 is 0 Å². The second kappa shape index (κ2) is 7.86. The zero-order chi connectivity index (χ0) is 21.2. The Balaban J connectivity index is 1.60. The van der Waals surface area contributed by atoms with Crippen LogP contribution in [0.3, 0.4) is 0 Å². The molecule has 3 aromatic rings. The zero-order valence-electron chi connectivity index (χ0n) is 15.5. The highest BCUT2D eigenvalue weighted by Gasteiger charge is 2.30. The quantitative estimate of drug-likeness (QED) is 0.665. The minimum Gasteiger partial charge on any atom is -0.452 e. The summed E-state index contributed by atoms with van der Waals surface area (Å²) in [6.45, 7) is 3.05. The van der Waals surface area contributed by atoms with Crippen molar-refractivity contribution in [3.05, 3.63) is 65.0 Å². The maximum Gasteiger partial charge on any atom is 0.416 e. The topological polar surface area (TPSA) is 81.2 Å². The molecule has 29 heavy (non-hydrogen) atoms. The van der Waals surface area contributed by atoms with Crippen molar-refractivity contribution in [2.24, 2.45) is 0 Å². The molecular formula is C20H16F3N3O3. The number of anilines is 1. The van der Waals surface area contributed by atoms with Crippen molar-refractivity contribution in [1.82, 2.24) is 9.97 Å². The normalized spacial score (nSPS) is 11.3. The highest BCUT2D eigenvalue weighted by atomic mass is 19.4. The number of halogens is 3. The van der Waals surface area contributed by atoms with E-state index in [2.05, 4.69) is 15.3 Å². The number of aromatic nitrogens is 2. The van der Waals surface area contributed by atoms with Crippen LogP contribution in [0.4, 0.5) is 18.9 Å². The number of ether oxygens (including phenoxy) is 1. The van der Waals surface area contributed by atoms with Crippen molar-refractivity contribution in [2.75, 3.05) is 11.9 Å². The molecule has 150 valence electrons. The Bertz CT molecular complexity index is 1080. The van der Waals surface area contributed by atoms with E-state index in [1.165, 1.54) is 12.1 Å². The number of hydrogen-bond acceptors (Lipinski definition) is 5. The monoisotopic (exact) mass is 403 g/mol. The molecule has 2 aromatic carbocycles. The van der Waals surface area contributed by atoms with Crippen LogP contribution in [-0.4, -0.2) is 28.5 Å². The fourth-order valence-electron chi connectivity index (χ4n) is 2.51. The number of carbonyl (C=O) groups is 2. The first kappa shape index (κ1) is 20.2. The average Bonchev–Trinajstić information content (AvgIpc) is 2.66. The number of hydrogen-bond donors (Lipinski definition) is 1. The van der Waals surface area contributed by atoms with Gasteiger partial charge < -0.3 is 10.1 Å². The minimum absolute atomic E-state index is 0.158. The van der Waals surface area contributed by atoms with E-state index < -0.39 is 30.2 Å². The van der Waals surface area contributed by atoms with Crippen LogP contribution in [-0.2, 0) is 15.7 Å². The first-order chi connectivity index (χ1) is 13.6. The molecule has 3 rings (SSSR count). The van der Waals surface area contributed by atoms with E-state index in [-0.39, 0.29) is 11.3 Å². The molecule has 0 saturated heterocycles. The van der Waals surface area contributed by atoms with Gasteiger partial charge in [0.1, 0.15) is 0 Å². The molecule has 0 atom stereocenters. The number of rotatable bonds is 4. The molecule has 1 N–H and O–H groups in total. The molecule has 9 heteroatoms. The third kappa shape index (κ3) is 4.87. The van der Waals surface area contributed by atoms with E-state index in [0.717, 1.165) is 35.7 Å². The van der Waals surface area contributed by atoms with Gasteiger partial charge in [-0.15, -0.1) is 0 Å². The Hall–Kier alpha value is -3.49. The number of alkyl halides is 3. The summed E-state index contributed by atoms with van der Waals surface area (Å²) in [5.74, 6) is -1.40. The summed E-state index contributed by atoms with van der Waals surface area (Å²) in [6, 6.07) is 8.60. The maximum atomic E-state index is 12.5. The van der Waals surface area contributed by atoms with Gasteiger partial charge in [-0.1, -0.05) is 0 Å². The van der Waals surface area contributed by atoms with Gasteiger partial charge in [-0.3, -0.25) is 4.79 Å². The summed E-state index contributed by atoms with van der Waals surface area (Å²) in [5, 5.41) is 2.36. The van der Waals surface area contributed by atoms with Crippen molar-refractivity contribution < 1.29 is 27.5 Å². The van der Waals surface area contributed by atoms with Gasteiger partial charge >= 0.3 is 12.1 Å². The third-order valence-corrected chi connectivity index (χ3v) is 4.14. The van der Waals surface area contributed by atoms with Gasteiger partial charge in [0.05, 0.1) is 33.5 Å². The van der Waals surface area contributed by atoms with E-state index in [9.17, 15) is 22.8 Å². The number of esters is 1. The fourth-order valence-corrected chi connectivity index (χ4v) is 2.51. The SMILES string of the molecule is Cc1nc2ccc(C(=O)OCC(=O)Nc3ccc(C(F)(F)F)cc3)cc2nc1C. The molecule has 0 unspecified atom stereocenters. The molecule has 1 heterocycles. The molecule has 0 spiro atoms. The number of carbonyl (C=O) groups excluding carboxylic acids is 2. The molecule has 6 nitrogen and oxygen atoms in total. The molecule has 0 bridgehead atoms. The first-order valence-corrected chi connectivity index (χ1v) is 8.53. The van der Waals surface area contributed by atoms with Gasteiger partial charge in [0.2, 0.25) is 0 Å². The molecule has 0 aliphatic carbocycles.